The van der Waals surface area contributed by atoms with Crippen LogP contribution in [0, 0.1) is 5.92 Å². The van der Waals surface area contributed by atoms with E-state index in [0.29, 0.717) is 25.6 Å². The zero-order chi connectivity index (χ0) is 33.9. The summed E-state index contributed by atoms with van der Waals surface area (Å²) >= 11 is 0. The summed E-state index contributed by atoms with van der Waals surface area (Å²) in [6.07, 6.45) is 0.673. The van der Waals surface area contributed by atoms with E-state index in [1.165, 1.54) is 4.90 Å². The van der Waals surface area contributed by atoms with Gasteiger partial charge in [-0.15, -0.1) is 0 Å². The minimum atomic E-state index is -1.59. The molecule has 2 fully saturated rings. The summed E-state index contributed by atoms with van der Waals surface area (Å²) in [5, 5.41) is 16.1. The number of carbonyl (C=O) groups excluding carboxylic acids is 3. The van der Waals surface area contributed by atoms with Crippen LogP contribution in [0.15, 0.2) is 0 Å². The first-order valence-electron chi connectivity index (χ1n) is 15.8. The van der Waals surface area contributed by atoms with Crippen molar-refractivity contribution in [1.82, 2.24) is 15.5 Å². The summed E-state index contributed by atoms with van der Waals surface area (Å²) in [6.45, 7) is 22.1. The summed E-state index contributed by atoms with van der Waals surface area (Å²) < 4.78 is 23.1. The van der Waals surface area contributed by atoms with Gasteiger partial charge in [-0.25, -0.2) is 14.4 Å². The molecule has 44 heavy (non-hydrogen) atoms. The van der Waals surface area contributed by atoms with Crippen LogP contribution in [0.25, 0.3) is 0 Å². The number of aliphatic carboxylic acids is 1. The maximum atomic E-state index is 13.4. The van der Waals surface area contributed by atoms with E-state index in [1.54, 1.807) is 41.5 Å². The van der Waals surface area contributed by atoms with E-state index >= 15 is 0 Å². The molecule has 3 atom stereocenters. The van der Waals surface area contributed by atoms with Crippen LogP contribution in [0.3, 0.4) is 0 Å². The van der Waals surface area contributed by atoms with Crippen molar-refractivity contribution in [3.05, 3.63) is 0 Å². The molecule has 2 unspecified atom stereocenters. The van der Waals surface area contributed by atoms with Crippen molar-refractivity contribution >= 4 is 31.2 Å². The second kappa shape index (κ2) is 13.8. The van der Waals surface area contributed by atoms with Crippen LogP contribution in [0.5, 0.6) is 0 Å². The SMILES string of the molecule is CC(C)C[C@H](NC(=O)OC(C)(C)C)C(=O)NC1CN(C(=O)OC(C)(C)C)C(CCCCB2OC(C)(C)C(C)(C)O2)(C(=O)O)C1. The topological polar surface area (TPSA) is 153 Å². The summed E-state index contributed by atoms with van der Waals surface area (Å²) in [6, 6.07) is -1.58. The molecule has 3 N–H and O–H groups in total. The molecule has 12 nitrogen and oxygen atoms in total. The normalized spacial score (nSPS) is 23.8. The third-order valence-electron chi connectivity index (χ3n) is 8.16. The Bertz CT molecular complexity index is 1030. The lowest BCUT2D eigenvalue weighted by atomic mass is 9.80. The van der Waals surface area contributed by atoms with Crippen LogP contribution in [0.4, 0.5) is 9.59 Å². The number of carboxylic acids is 1. The summed E-state index contributed by atoms with van der Waals surface area (Å²) in [5.41, 5.74) is -4.11. The van der Waals surface area contributed by atoms with Crippen LogP contribution >= 0.6 is 0 Å². The molecule has 0 saturated carbocycles. The average Bonchev–Trinajstić information content (AvgIpc) is 3.27. The van der Waals surface area contributed by atoms with E-state index in [-0.39, 0.29) is 25.3 Å². The van der Waals surface area contributed by atoms with Crippen LogP contribution < -0.4 is 10.6 Å². The number of likely N-dealkylation sites (tertiary alicyclic amines) is 1. The van der Waals surface area contributed by atoms with Crippen LogP contribution in [0.2, 0.25) is 6.32 Å². The fourth-order valence-corrected chi connectivity index (χ4v) is 5.45. The van der Waals surface area contributed by atoms with Crippen molar-refractivity contribution in [3.8, 4) is 0 Å². The molecule has 0 bridgehead atoms. The number of alkyl carbamates (subject to hydrolysis) is 1. The van der Waals surface area contributed by atoms with Gasteiger partial charge in [-0.3, -0.25) is 9.69 Å². The molecule has 0 aromatic rings. The minimum absolute atomic E-state index is 0.00928. The zero-order valence-corrected chi connectivity index (χ0v) is 28.9. The van der Waals surface area contributed by atoms with Gasteiger partial charge in [0.05, 0.1) is 11.2 Å². The molecular weight excluding hydrogens is 569 g/mol. The maximum absolute atomic E-state index is 13.4. The second-order valence-electron chi connectivity index (χ2n) is 15.6. The standard InChI is InChI=1S/C31H56BN3O9/c1-20(2)17-22(34-25(39)41-27(3,4)5)23(36)33-21-18-31(24(37)38,35(19-21)26(40)42-28(6,7)8)15-13-14-16-32-43-29(9,10)30(11,12)44-32/h20-22H,13-19H2,1-12H3,(H,33,36)(H,34,39)(H,37,38)/t21?,22-,31?/m0/s1. The van der Waals surface area contributed by atoms with Crippen molar-refractivity contribution in [2.45, 2.75) is 162 Å². The number of hydrogen-bond acceptors (Lipinski definition) is 8. The molecule has 2 heterocycles. The highest BCUT2D eigenvalue weighted by atomic mass is 16.7. The first kappa shape index (κ1) is 37.7. The fraction of sp³-hybridized carbons (Fsp3) is 0.871. The Balaban J connectivity index is 2.21. The Hall–Kier alpha value is -2.54. The number of amides is 3. The lowest BCUT2D eigenvalue weighted by molar-refractivity contribution is -0.150. The van der Waals surface area contributed by atoms with Gasteiger partial charge in [0.15, 0.2) is 0 Å². The number of nitrogens with zero attached hydrogens (tertiary/aromatic N) is 1. The zero-order valence-electron chi connectivity index (χ0n) is 28.9. The molecule has 252 valence electrons. The number of unbranched alkanes of at least 4 members (excludes halogenated alkanes) is 1. The van der Waals surface area contributed by atoms with Crippen LogP contribution in [-0.2, 0) is 28.4 Å². The van der Waals surface area contributed by atoms with Gasteiger partial charge in [0, 0.05) is 19.0 Å². The number of rotatable bonds is 11. The molecule has 3 amide bonds. The van der Waals surface area contributed by atoms with Gasteiger partial charge in [0.1, 0.15) is 22.8 Å². The fourth-order valence-electron chi connectivity index (χ4n) is 5.45. The van der Waals surface area contributed by atoms with Gasteiger partial charge in [-0.05, 0) is 94.3 Å². The molecule has 0 aromatic heterocycles. The molecule has 0 spiro atoms. The van der Waals surface area contributed by atoms with E-state index in [9.17, 15) is 24.3 Å². The average molecular weight is 626 g/mol. The molecule has 2 rings (SSSR count). The Labute approximate surface area is 263 Å². The molecule has 2 aliphatic heterocycles. The second-order valence-corrected chi connectivity index (χ2v) is 15.6. The number of carbonyl (C=O) groups is 4. The first-order valence-corrected chi connectivity index (χ1v) is 15.8. The van der Waals surface area contributed by atoms with E-state index in [0.717, 1.165) is 0 Å². The predicted octanol–water partition coefficient (Wildman–Crippen LogP) is 5.14. The lowest BCUT2D eigenvalue weighted by Crippen LogP contribution is -2.54. The third-order valence-corrected chi connectivity index (χ3v) is 8.16. The van der Waals surface area contributed by atoms with Crippen molar-refractivity contribution < 1.29 is 43.1 Å². The minimum Gasteiger partial charge on any atom is -0.479 e. The quantitative estimate of drug-likeness (QED) is 0.209. The van der Waals surface area contributed by atoms with Crippen molar-refractivity contribution in [3.63, 3.8) is 0 Å². The Morgan fingerprint density at radius 3 is 1.98 bits per heavy atom. The number of hydrogen-bond donors (Lipinski definition) is 3. The van der Waals surface area contributed by atoms with Gasteiger partial charge in [-0.1, -0.05) is 26.7 Å². The van der Waals surface area contributed by atoms with Gasteiger partial charge in [-0.2, -0.15) is 0 Å². The lowest BCUT2D eigenvalue weighted by Gasteiger charge is -2.35. The van der Waals surface area contributed by atoms with E-state index in [2.05, 4.69) is 10.6 Å². The summed E-state index contributed by atoms with van der Waals surface area (Å²) in [4.78, 5) is 53.5. The number of ether oxygens (including phenoxy) is 2. The van der Waals surface area contributed by atoms with Gasteiger partial charge >= 0.3 is 25.3 Å². The Morgan fingerprint density at radius 2 is 1.50 bits per heavy atom. The maximum Gasteiger partial charge on any atom is 0.457 e. The van der Waals surface area contributed by atoms with Crippen LogP contribution in [-0.4, -0.2) is 87.8 Å². The highest BCUT2D eigenvalue weighted by molar-refractivity contribution is 6.45. The van der Waals surface area contributed by atoms with Gasteiger partial charge < -0.3 is 34.5 Å². The van der Waals surface area contributed by atoms with Crippen molar-refractivity contribution in [2.75, 3.05) is 6.54 Å². The molecule has 0 radical (unpaired) electrons. The Kier molecular flexibility index (Phi) is 11.8. The van der Waals surface area contributed by atoms with Crippen LogP contribution in [0.1, 0.15) is 115 Å². The molecule has 13 heteroatoms. The third kappa shape index (κ3) is 10.3. The highest BCUT2D eigenvalue weighted by Gasteiger charge is 2.55. The van der Waals surface area contributed by atoms with E-state index < -0.39 is 71.2 Å². The van der Waals surface area contributed by atoms with Crippen molar-refractivity contribution in [1.29, 1.82) is 0 Å². The van der Waals surface area contributed by atoms with E-state index in [1.807, 2.05) is 41.5 Å². The van der Waals surface area contributed by atoms with E-state index in [4.69, 9.17) is 18.8 Å². The monoisotopic (exact) mass is 625 g/mol. The molecule has 2 aliphatic rings. The highest BCUT2D eigenvalue weighted by Crippen LogP contribution is 2.40. The largest absolute Gasteiger partial charge is 0.479 e. The Morgan fingerprint density at radius 1 is 0.955 bits per heavy atom. The first-order chi connectivity index (χ1) is 19.9. The number of nitrogens with one attached hydrogen (secondary N) is 2. The molecule has 0 aromatic carbocycles. The summed E-state index contributed by atoms with van der Waals surface area (Å²) in [7, 11) is -0.409. The predicted molar refractivity (Wildman–Crippen MR) is 167 cm³/mol. The summed E-state index contributed by atoms with van der Waals surface area (Å²) in [5.74, 6) is -1.56. The molecule has 0 aliphatic carbocycles. The smallest absolute Gasteiger partial charge is 0.457 e. The van der Waals surface area contributed by atoms with Crippen molar-refractivity contribution in [2.24, 2.45) is 5.92 Å². The van der Waals surface area contributed by atoms with Gasteiger partial charge in [0.25, 0.3) is 0 Å². The number of carboxylic acid groups (broad SMARTS) is 1. The van der Waals surface area contributed by atoms with Gasteiger partial charge in [0.2, 0.25) is 5.91 Å². The molecular formula is C31H56BN3O9. The molecule has 2 saturated heterocycles.